The Morgan fingerprint density at radius 1 is 1.06 bits per heavy atom. The Morgan fingerprint density at radius 2 is 1.81 bits per heavy atom. The van der Waals surface area contributed by atoms with Crippen molar-refractivity contribution in [2.75, 3.05) is 24.5 Å². The molecule has 0 aliphatic carbocycles. The van der Waals surface area contributed by atoms with Crippen LogP contribution in [-0.2, 0) is 16.6 Å². The number of aromatic nitrogens is 1. The third kappa shape index (κ3) is 4.95. The normalized spacial score (nSPS) is 15.4. The summed E-state index contributed by atoms with van der Waals surface area (Å²) in [6, 6.07) is 18.3. The number of ether oxygens (including phenoxy) is 1. The molecule has 0 unspecified atom stereocenters. The molecule has 1 saturated heterocycles. The highest BCUT2D eigenvalue weighted by Gasteiger charge is 2.34. The van der Waals surface area contributed by atoms with E-state index in [-0.39, 0.29) is 6.04 Å². The van der Waals surface area contributed by atoms with Gasteiger partial charge in [-0.2, -0.15) is 0 Å². The van der Waals surface area contributed by atoms with E-state index in [1.165, 1.54) is 5.56 Å². The molecule has 0 spiro atoms. The van der Waals surface area contributed by atoms with Crippen LogP contribution in [0.4, 0.5) is 5.69 Å². The largest absolute Gasteiger partial charge is 0.497 e. The number of aryl methyl sites for hydroxylation is 1. The van der Waals surface area contributed by atoms with E-state index in [0.717, 1.165) is 38.0 Å². The summed E-state index contributed by atoms with van der Waals surface area (Å²) in [7, 11) is -2.13. The third-order valence-corrected chi connectivity index (χ3v) is 7.80. The van der Waals surface area contributed by atoms with Crippen molar-refractivity contribution in [3.8, 4) is 5.75 Å². The van der Waals surface area contributed by atoms with Gasteiger partial charge in [0.05, 0.1) is 17.7 Å². The van der Waals surface area contributed by atoms with Gasteiger partial charge in [0.25, 0.3) is 10.0 Å². The van der Waals surface area contributed by atoms with Gasteiger partial charge in [-0.1, -0.05) is 29.8 Å². The van der Waals surface area contributed by atoms with Crippen LogP contribution in [0.1, 0.15) is 24.0 Å². The van der Waals surface area contributed by atoms with Crippen LogP contribution in [0, 0.1) is 6.92 Å². The fourth-order valence-corrected chi connectivity index (χ4v) is 5.88. The van der Waals surface area contributed by atoms with Gasteiger partial charge in [0, 0.05) is 44.1 Å². The first-order chi connectivity index (χ1) is 15.5. The van der Waals surface area contributed by atoms with E-state index in [1.807, 2.05) is 49.5 Å². The molecule has 0 bridgehead atoms. The number of likely N-dealkylation sites (tertiary alicyclic amines) is 1. The van der Waals surface area contributed by atoms with Gasteiger partial charge in [-0.15, -0.1) is 0 Å². The first-order valence-corrected chi connectivity index (χ1v) is 12.3. The predicted octanol–water partition coefficient (Wildman–Crippen LogP) is 4.26. The minimum atomic E-state index is -3.72. The van der Waals surface area contributed by atoms with Gasteiger partial charge in [0.2, 0.25) is 0 Å². The van der Waals surface area contributed by atoms with Gasteiger partial charge in [-0.05, 0) is 55.7 Å². The van der Waals surface area contributed by atoms with E-state index in [1.54, 1.807) is 35.8 Å². The minimum Gasteiger partial charge on any atom is -0.497 e. The maximum absolute atomic E-state index is 13.8. The Kier molecular flexibility index (Phi) is 6.77. The third-order valence-electron chi connectivity index (χ3n) is 5.90. The summed E-state index contributed by atoms with van der Waals surface area (Å²) in [6.07, 6.45) is 5.17. The zero-order valence-electron chi connectivity index (χ0n) is 18.5. The van der Waals surface area contributed by atoms with Gasteiger partial charge in [0.15, 0.2) is 0 Å². The predicted molar refractivity (Wildman–Crippen MR) is 126 cm³/mol. The van der Waals surface area contributed by atoms with Crippen molar-refractivity contribution >= 4 is 15.7 Å². The molecule has 1 aromatic heterocycles. The highest BCUT2D eigenvalue weighted by Crippen LogP contribution is 2.32. The molecule has 2 heterocycles. The number of anilines is 1. The summed E-state index contributed by atoms with van der Waals surface area (Å²) in [5.74, 6) is 0.639. The maximum Gasteiger partial charge on any atom is 0.264 e. The highest BCUT2D eigenvalue weighted by atomic mass is 32.2. The van der Waals surface area contributed by atoms with Crippen LogP contribution >= 0.6 is 0 Å². The summed E-state index contributed by atoms with van der Waals surface area (Å²) in [5, 5.41) is 0. The molecule has 0 atom stereocenters. The molecule has 0 radical (unpaired) electrons. The minimum absolute atomic E-state index is 0.126. The molecule has 168 valence electrons. The molecule has 0 amide bonds. The van der Waals surface area contributed by atoms with Gasteiger partial charge >= 0.3 is 0 Å². The first-order valence-electron chi connectivity index (χ1n) is 10.8. The van der Waals surface area contributed by atoms with Crippen molar-refractivity contribution in [3.05, 3.63) is 84.2 Å². The van der Waals surface area contributed by atoms with Crippen molar-refractivity contribution < 1.29 is 13.2 Å². The van der Waals surface area contributed by atoms with Crippen LogP contribution < -0.4 is 9.04 Å². The second kappa shape index (κ2) is 9.71. The fraction of sp³-hybridized carbons (Fsp3) is 0.320. The van der Waals surface area contributed by atoms with E-state index >= 15 is 0 Å². The summed E-state index contributed by atoms with van der Waals surface area (Å²) in [5.41, 5.74) is 2.83. The van der Waals surface area contributed by atoms with Crippen molar-refractivity contribution in [2.45, 2.75) is 37.2 Å². The van der Waals surface area contributed by atoms with Crippen molar-refractivity contribution in [1.29, 1.82) is 0 Å². The topological polar surface area (TPSA) is 62.7 Å². The van der Waals surface area contributed by atoms with Crippen LogP contribution in [-0.4, -0.2) is 44.5 Å². The summed E-state index contributed by atoms with van der Waals surface area (Å²) in [4.78, 5) is 6.86. The highest BCUT2D eigenvalue weighted by molar-refractivity contribution is 7.92. The number of benzene rings is 2. The number of hydrogen-bond acceptors (Lipinski definition) is 5. The van der Waals surface area contributed by atoms with E-state index in [9.17, 15) is 8.42 Å². The van der Waals surface area contributed by atoms with E-state index in [0.29, 0.717) is 16.3 Å². The number of nitrogens with zero attached hydrogens (tertiary/aromatic N) is 3. The zero-order valence-corrected chi connectivity index (χ0v) is 19.3. The number of piperidine rings is 1. The van der Waals surface area contributed by atoms with Crippen molar-refractivity contribution in [2.24, 2.45) is 0 Å². The fourth-order valence-electron chi connectivity index (χ4n) is 4.18. The molecular formula is C25H29N3O3S. The van der Waals surface area contributed by atoms with Crippen LogP contribution in [0.3, 0.4) is 0 Å². The monoisotopic (exact) mass is 451 g/mol. The van der Waals surface area contributed by atoms with Gasteiger partial charge < -0.3 is 4.74 Å². The Bertz CT molecular complexity index is 1130. The zero-order chi connectivity index (χ0) is 22.6. The average Bonchev–Trinajstić information content (AvgIpc) is 2.81. The molecule has 0 N–H and O–H groups in total. The van der Waals surface area contributed by atoms with Crippen LogP contribution in [0.15, 0.2) is 78.0 Å². The molecule has 4 rings (SSSR count). The van der Waals surface area contributed by atoms with E-state index in [2.05, 4.69) is 16.0 Å². The average molecular weight is 452 g/mol. The summed E-state index contributed by atoms with van der Waals surface area (Å²) in [6.45, 7) is 4.42. The van der Waals surface area contributed by atoms with Crippen LogP contribution in [0.5, 0.6) is 5.75 Å². The Hall–Kier alpha value is -2.90. The van der Waals surface area contributed by atoms with Crippen LogP contribution in [0.2, 0.25) is 0 Å². The van der Waals surface area contributed by atoms with Crippen molar-refractivity contribution in [3.63, 3.8) is 0 Å². The molecule has 1 aliphatic rings. The Balaban J connectivity index is 1.60. The second-order valence-electron chi connectivity index (χ2n) is 8.18. The molecule has 2 aromatic carbocycles. The molecule has 7 heteroatoms. The molecule has 1 fully saturated rings. The lowest BCUT2D eigenvalue weighted by molar-refractivity contribution is 0.206. The lowest BCUT2D eigenvalue weighted by Crippen LogP contribution is -2.47. The number of rotatable bonds is 7. The molecule has 1 aliphatic heterocycles. The molecule has 32 heavy (non-hydrogen) atoms. The maximum atomic E-state index is 13.8. The first kappa shape index (κ1) is 22.3. The standard InChI is InChI=1S/C25H29N3O3S/c1-20-8-10-25(11-9-20)32(29,30)28(23-6-3-7-24(17-23)31-2)22-12-15-27(16-13-22)19-21-5-4-14-26-18-21/h3-11,14,17-18,22H,12-13,15-16,19H2,1-2H3. The number of methoxy groups -OCH3 is 1. The lowest BCUT2D eigenvalue weighted by Gasteiger charge is -2.39. The Morgan fingerprint density at radius 3 is 2.47 bits per heavy atom. The van der Waals surface area contributed by atoms with Gasteiger partial charge in [-0.3, -0.25) is 14.2 Å². The quantitative estimate of drug-likeness (QED) is 0.537. The SMILES string of the molecule is COc1cccc(N(C2CCN(Cc3cccnc3)CC2)S(=O)(=O)c2ccc(C)cc2)c1. The molecular weight excluding hydrogens is 422 g/mol. The summed E-state index contributed by atoms with van der Waals surface area (Å²) < 4.78 is 34.5. The van der Waals surface area contributed by atoms with E-state index in [4.69, 9.17) is 4.74 Å². The van der Waals surface area contributed by atoms with Crippen molar-refractivity contribution in [1.82, 2.24) is 9.88 Å². The van der Waals surface area contributed by atoms with Crippen LogP contribution in [0.25, 0.3) is 0 Å². The van der Waals surface area contributed by atoms with Gasteiger partial charge in [0.1, 0.15) is 5.75 Å². The lowest BCUT2D eigenvalue weighted by atomic mass is 10.0. The summed E-state index contributed by atoms with van der Waals surface area (Å²) >= 11 is 0. The van der Waals surface area contributed by atoms with E-state index < -0.39 is 10.0 Å². The number of hydrogen-bond donors (Lipinski definition) is 0. The van der Waals surface area contributed by atoms with Gasteiger partial charge in [-0.25, -0.2) is 8.42 Å². The smallest absolute Gasteiger partial charge is 0.264 e. The number of sulfonamides is 1. The Labute approximate surface area is 190 Å². The second-order valence-corrected chi connectivity index (χ2v) is 10.00. The number of pyridine rings is 1. The molecule has 3 aromatic rings. The molecule has 6 nitrogen and oxygen atoms in total. The molecule has 0 saturated carbocycles.